The maximum absolute atomic E-state index is 14.6. The minimum Gasteiger partial charge on any atom is -0.442 e. The van der Waals surface area contributed by atoms with E-state index >= 15 is 0 Å². The number of nitrogens with one attached hydrogen (secondary N) is 3. The molecule has 0 bridgehead atoms. The molecule has 3 aromatic carbocycles. The molecular formula is C51H62Br2F3N9O10S2. The first-order valence-corrected chi connectivity index (χ1v) is 28.2. The molecule has 3 atom stereocenters. The molecule has 0 aromatic heterocycles. The summed E-state index contributed by atoms with van der Waals surface area (Å²) in [6.45, 7) is 13.0. The zero-order valence-electron chi connectivity index (χ0n) is 42.2. The Balaban J connectivity index is 0.000000168. The first-order valence-electron chi connectivity index (χ1n) is 25.1. The topological polar surface area (TPSA) is 179 Å². The van der Waals surface area contributed by atoms with E-state index < -0.39 is 24.4 Å². The maximum atomic E-state index is 14.6. The Hall–Kier alpha value is -5.51. The molecule has 4 amide bonds. The molecule has 418 valence electrons. The van der Waals surface area contributed by atoms with E-state index in [-0.39, 0.29) is 48.7 Å². The summed E-state index contributed by atoms with van der Waals surface area (Å²) in [7, 11) is 0. The predicted octanol–water partition coefficient (Wildman–Crippen LogP) is 6.67. The Kier molecular flexibility index (Phi) is 22.6. The minimum absolute atomic E-state index is 0.114. The van der Waals surface area contributed by atoms with Crippen LogP contribution in [0.4, 0.5) is 61.7 Å². The van der Waals surface area contributed by atoms with E-state index in [1.807, 2.05) is 14.7 Å². The Labute approximate surface area is 472 Å². The molecule has 6 aliphatic rings. The second kappa shape index (κ2) is 29.5. The van der Waals surface area contributed by atoms with Crippen LogP contribution in [0.2, 0.25) is 0 Å². The lowest BCUT2D eigenvalue weighted by Crippen LogP contribution is -2.37. The van der Waals surface area contributed by atoms with Crippen molar-refractivity contribution in [2.45, 2.75) is 31.2 Å². The highest BCUT2D eigenvalue weighted by atomic mass is 79.9. The monoisotopic (exact) mass is 1240 g/mol. The van der Waals surface area contributed by atoms with Gasteiger partial charge in [0.1, 0.15) is 35.8 Å². The number of cyclic esters (lactones) is 3. The van der Waals surface area contributed by atoms with Crippen molar-refractivity contribution in [1.29, 1.82) is 0 Å². The van der Waals surface area contributed by atoms with Crippen molar-refractivity contribution in [1.82, 2.24) is 16.0 Å². The molecule has 0 unspecified atom stereocenters. The van der Waals surface area contributed by atoms with Gasteiger partial charge in [0.2, 0.25) is 5.91 Å². The van der Waals surface area contributed by atoms with Crippen LogP contribution in [-0.2, 0) is 33.2 Å². The molecule has 6 heterocycles. The number of carbonyl (C=O) groups is 4. The van der Waals surface area contributed by atoms with Gasteiger partial charge in [0, 0.05) is 62.8 Å². The van der Waals surface area contributed by atoms with Crippen LogP contribution in [0.1, 0.15) is 12.8 Å². The molecule has 0 aliphatic carbocycles. The SMILES string of the molecule is C=CC(=S)NC[C@H]1CN(c2ccc(N3CCOCC3)c(F)c2)C(=O)O1.O=C(CCBr)NC[C@H]1CN(c2ccc(N3CCOCC3)c(F)c2)C(=O)O1.O=C1O[C@@H](CNC(=S)CCBr)CN1c1ccc(N2CCOCC2)c(F)c1. The standard InChI is InChI=1S/C17H21BrFN3O4.C17H21BrFN3O3S.C17H20FN3O3S/c18-4-3-16(23)20-10-13-11-22(17(24)26-13)12-1-2-15(14(19)9-12)21-5-7-25-8-6-21;18-4-3-16(26)20-10-13-11-22(17(23)25-13)12-1-2-15(14(19)9-12)21-5-7-24-8-6-21;1-2-16(25)19-10-13-11-21(17(22)24-13)12-3-4-15(14(18)9-12)20-5-7-23-8-6-20/h1-2,9,13H,3-8,10-11H2,(H,20,23);1-2,9,13H,3-8,10-11H2,(H,20,26);2-4,9,13H,1,5-8,10-11H2,(H,19,25)/t3*13-/m000/s1. The van der Waals surface area contributed by atoms with Crippen LogP contribution in [0.5, 0.6) is 0 Å². The van der Waals surface area contributed by atoms with Gasteiger partial charge in [-0.1, -0.05) is 62.9 Å². The number of alkyl halides is 2. The highest BCUT2D eigenvalue weighted by Gasteiger charge is 2.36. The number of hydrogen-bond acceptors (Lipinski definition) is 15. The lowest BCUT2D eigenvalue weighted by Gasteiger charge is -2.29. The largest absolute Gasteiger partial charge is 0.442 e. The van der Waals surface area contributed by atoms with Crippen LogP contribution in [-0.4, -0.2) is 181 Å². The summed E-state index contributed by atoms with van der Waals surface area (Å²) in [6.07, 6.45) is -0.0235. The number of hydrogen-bond donors (Lipinski definition) is 3. The average Bonchev–Trinajstić information content (AvgIpc) is 4.16. The van der Waals surface area contributed by atoms with Crippen LogP contribution in [0, 0.1) is 17.5 Å². The number of morpholine rings is 3. The number of rotatable bonds is 17. The Morgan fingerprint density at radius 3 is 1.22 bits per heavy atom. The fourth-order valence-electron chi connectivity index (χ4n) is 8.78. The highest BCUT2D eigenvalue weighted by Crippen LogP contribution is 2.31. The second-order valence-corrected chi connectivity index (χ2v) is 20.5. The van der Waals surface area contributed by atoms with Crippen LogP contribution < -0.4 is 45.3 Å². The molecule has 9 rings (SSSR count). The molecular weight excluding hydrogens is 1180 g/mol. The van der Waals surface area contributed by atoms with E-state index in [4.69, 9.17) is 52.9 Å². The molecule has 0 spiro atoms. The van der Waals surface area contributed by atoms with Crippen molar-refractivity contribution in [3.05, 3.63) is 84.7 Å². The van der Waals surface area contributed by atoms with Crippen molar-refractivity contribution in [3.8, 4) is 0 Å². The molecule has 26 heteroatoms. The zero-order valence-corrected chi connectivity index (χ0v) is 47.0. The summed E-state index contributed by atoms with van der Waals surface area (Å²) < 4.78 is 75.3. The zero-order chi connectivity index (χ0) is 54.8. The Bertz CT molecular complexity index is 2450. The summed E-state index contributed by atoms with van der Waals surface area (Å²) in [6, 6.07) is 14.4. The fraction of sp³-hybridized carbons (Fsp3) is 0.490. The third-order valence-corrected chi connectivity index (χ3v) is 14.2. The van der Waals surface area contributed by atoms with Crippen molar-refractivity contribution in [3.63, 3.8) is 0 Å². The molecule has 0 radical (unpaired) electrons. The summed E-state index contributed by atoms with van der Waals surface area (Å²) in [5, 5.41) is 10.1. The van der Waals surface area contributed by atoms with Gasteiger partial charge < -0.3 is 59.1 Å². The van der Waals surface area contributed by atoms with Crippen LogP contribution in [0.3, 0.4) is 0 Å². The van der Waals surface area contributed by atoms with E-state index in [1.165, 1.54) is 39.0 Å². The number of carbonyl (C=O) groups excluding carboxylic acids is 4. The number of anilines is 6. The second-order valence-electron chi connectivity index (χ2n) is 18.0. The van der Waals surface area contributed by atoms with Gasteiger partial charge >= 0.3 is 18.3 Å². The van der Waals surface area contributed by atoms with Gasteiger partial charge in [-0.25, -0.2) is 27.6 Å². The van der Waals surface area contributed by atoms with Crippen LogP contribution in [0.15, 0.2) is 67.3 Å². The summed E-state index contributed by atoms with van der Waals surface area (Å²) in [5.41, 5.74) is 2.97. The average molecular weight is 1240 g/mol. The highest BCUT2D eigenvalue weighted by molar-refractivity contribution is 9.09. The van der Waals surface area contributed by atoms with Gasteiger partial charge in [-0.3, -0.25) is 19.5 Å². The smallest absolute Gasteiger partial charge is 0.414 e. The number of ether oxygens (including phenoxy) is 6. The Morgan fingerprint density at radius 1 is 0.558 bits per heavy atom. The maximum Gasteiger partial charge on any atom is 0.414 e. The number of thiocarbonyl (C=S) groups is 2. The molecule has 6 saturated heterocycles. The van der Waals surface area contributed by atoms with Crippen LogP contribution in [0.25, 0.3) is 0 Å². The number of halogens is 5. The van der Waals surface area contributed by atoms with Crippen LogP contribution >= 0.6 is 56.3 Å². The lowest BCUT2D eigenvalue weighted by molar-refractivity contribution is -0.121. The number of benzene rings is 3. The van der Waals surface area contributed by atoms with E-state index in [1.54, 1.807) is 36.4 Å². The molecule has 0 saturated carbocycles. The summed E-state index contributed by atoms with van der Waals surface area (Å²) in [5.74, 6) is -1.21. The van der Waals surface area contributed by atoms with Gasteiger partial charge in [0.25, 0.3) is 0 Å². The summed E-state index contributed by atoms with van der Waals surface area (Å²) >= 11 is 16.7. The lowest BCUT2D eigenvalue weighted by atomic mass is 10.2. The van der Waals surface area contributed by atoms with Crippen molar-refractivity contribution in [2.24, 2.45) is 0 Å². The fourth-order valence-corrected chi connectivity index (χ4v) is 10.1. The van der Waals surface area contributed by atoms with Crippen molar-refractivity contribution >= 4 is 125 Å². The van der Waals surface area contributed by atoms with Gasteiger partial charge in [-0.15, -0.1) is 0 Å². The first-order chi connectivity index (χ1) is 37.2. The predicted molar refractivity (Wildman–Crippen MR) is 302 cm³/mol. The van der Waals surface area contributed by atoms with Gasteiger partial charge in [0.15, 0.2) is 0 Å². The quantitative estimate of drug-likeness (QED) is 0.0565. The van der Waals surface area contributed by atoms with Gasteiger partial charge in [-0.2, -0.15) is 0 Å². The number of nitrogens with zero attached hydrogens (tertiary/aromatic N) is 6. The third-order valence-electron chi connectivity index (χ3n) is 12.8. The molecule has 19 nitrogen and oxygen atoms in total. The van der Waals surface area contributed by atoms with E-state index in [2.05, 4.69) is 54.4 Å². The molecule has 77 heavy (non-hydrogen) atoms. The molecule has 6 aliphatic heterocycles. The van der Waals surface area contributed by atoms with E-state index in [0.29, 0.717) is 156 Å². The minimum atomic E-state index is -0.539. The molecule has 3 N–H and O–H groups in total. The normalized spacial score (nSPS) is 20.3. The molecule has 6 fully saturated rings. The Morgan fingerprint density at radius 2 is 0.896 bits per heavy atom. The van der Waals surface area contributed by atoms with E-state index in [0.717, 1.165) is 16.7 Å². The first kappa shape index (κ1) is 59.2. The van der Waals surface area contributed by atoms with E-state index in [9.17, 15) is 32.3 Å². The molecule has 3 aromatic rings. The number of amides is 4. The van der Waals surface area contributed by atoms with Crippen molar-refractivity contribution in [2.75, 3.05) is 158 Å². The third kappa shape index (κ3) is 16.8. The van der Waals surface area contributed by atoms with Crippen molar-refractivity contribution < 1.29 is 60.8 Å². The van der Waals surface area contributed by atoms with Gasteiger partial charge in [-0.05, 0) is 60.7 Å². The van der Waals surface area contributed by atoms with Gasteiger partial charge in [0.05, 0.1) is 123 Å². The summed E-state index contributed by atoms with van der Waals surface area (Å²) in [4.78, 5) is 59.1.